The minimum Gasteiger partial charge on any atom is -0.490 e. The molecule has 1 saturated heterocycles. The van der Waals surface area contributed by atoms with Crippen LogP contribution in [0.5, 0.6) is 5.75 Å². The molecule has 1 aromatic rings. The van der Waals surface area contributed by atoms with Crippen molar-refractivity contribution < 1.29 is 4.74 Å². The van der Waals surface area contributed by atoms with Gasteiger partial charge in [-0.25, -0.2) is 0 Å². The monoisotopic (exact) mass is 267 g/mol. The van der Waals surface area contributed by atoms with E-state index in [1.165, 1.54) is 6.42 Å². The smallest absolute Gasteiger partial charge is 0.124 e. The highest BCUT2D eigenvalue weighted by Gasteiger charge is 2.26. The molecule has 1 aromatic carbocycles. The van der Waals surface area contributed by atoms with E-state index in [4.69, 9.17) is 16.3 Å². The van der Waals surface area contributed by atoms with Crippen molar-refractivity contribution in [1.29, 1.82) is 0 Å². The van der Waals surface area contributed by atoms with Gasteiger partial charge in [0, 0.05) is 23.0 Å². The van der Waals surface area contributed by atoms with Gasteiger partial charge in [0.25, 0.3) is 0 Å². The van der Waals surface area contributed by atoms with Gasteiger partial charge in [0.05, 0.1) is 0 Å². The third-order valence-electron chi connectivity index (χ3n) is 3.69. The minimum absolute atomic E-state index is 0.308. The van der Waals surface area contributed by atoms with Crippen molar-refractivity contribution in [3.8, 4) is 5.75 Å². The number of ether oxygens (including phenoxy) is 1. The van der Waals surface area contributed by atoms with Crippen LogP contribution in [0.15, 0.2) is 18.2 Å². The summed E-state index contributed by atoms with van der Waals surface area (Å²) >= 11 is 6.14. The second kappa shape index (κ2) is 6.44. The lowest BCUT2D eigenvalue weighted by Crippen LogP contribution is -2.29. The molecule has 100 valence electrons. The maximum atomic E-state index is 6.23. The van der Waals surface area contributed by atoms with E-state index in [1.807, 2.05) is 25.1 Å². The molecule has 0 amide bonds. The van der Waals surface area contributed by atoms with Crippen molar-refractivity contribution in [2.45, 2.75) is 39.2 Å². The second-order valence-corrected chi connectivity index (χ2v) is 5.47. The lowest BCUT2D eigenvalue weighted by atomic mass is 9.97. The molecular weight excluding hydrogens is 246 g/mol. The molecule has 2 atom stereocenters. The van der Waals surface area contributed by atoms with Crippen LogP contribution in [0, 0.1) is 12.8 Å². The van der Waals surface area contributed by atoms with Gasteiger partial charge in [-0.2, -0.15) is 0 Å². The SMILES string of the molecule is CCC[C@@H](Oc1cccc(Cl)c1C)C1CCNC1. The third kappa shape index (κ3) is 3.18. The van der Waals surface area contributed by atoms with Gasteiger partial charge in [0.1, 0.15) is 11.9 Å². The summed E-state index contributed by atoms with van der Waals surface area (Å²) in [5, 5.41) is 4.20. The van der Waals surface area contributed by atoms with Crippen molar-refractivity contribution in [2.24, 2.45) is 5.92 Å². The quantitative estimate of drug-likeness (QED) is 0.876. The van der Waals surface area contributed by atoms with Crippen LogP contribution >= 0.6 is 11.6 Å². The molecule has 0 aliphatic carbocycles. The number of halogens is 1. The predicted octanol–water partition coefficient (Wildman–Crippen LogP) is 3.81. The zero-order chi connectivity index (χ0) is 13.0. The molecule has 0 aromatic heterocycles. The van der Waals surface area contributed by atoms with Crippen LogP contribution in [0.3, 0.4) is 0 Å². The molecule has 2 nitrogen and oxygen atoms in total. The normalized spacial score (nSPS) is 20.9. The predicted molar refractivity (Wildman–Crippen MR) is 76.5 cm³/mol. The van der Waals surface area contributed by atoms with Gasteiger partial charge < -0.3 is 10.1 Å². The summed E-state index contributed by atoms with van der Waals surface area (Å²) in [6, 6.07) is 5.89. The average Bonchev–Trinajstić information content (AvgIpc) is 2.88. The Morgan fingerprint density at radius 3 is 3.00 bits per heavy atom. The Morgan fingerprint density at radius 2 is 2.33 bits per heavy atom. The fourth-order valence-corrected chi connectivity index (χ4v) is 2.71. The number of benzene rings is 1. The lowest BCUT2D eigenvalue weighted by Gasteiger charge is -2.25. The topological polar surface area (TPSA) is 21.3 Å². The van der Waals surface area contributed by atoms with Gasteiger partial charge in [0.2, 0.25) is 0 Å². The number of nitrogens with one attached hydrogen (secondary N) is 1. The fourth-order valence-electron chi connectivity index (χ4n) is 2.55. The van der Waals surface area contributed by atoms with E-state index >= 15 is 0 Å². The van der Waals surface area contributed by atoms with Crippen LogP contribution in [0.1, 0.15) is 31.7 Å². The van der Waals surface area contributed by atoms with Gasteiger partial charge in [0.15, 0.2) is 0 Å². The highest BCUT2D eigenvalue weighted by atomic mass is 35.5. The van der Waals surface area contributed by atoms with Crippen molar-refractivity contribution >= 4 is 11.6 Å². The van der Waals surface area contributed by atoms with Crippen LogP contribution < -0.4 is 10.1 Å². The van der Waals surface area contributed by atoms with Gasteiger partial charge in [-0.1, -0.05) is 31.0 Å². The molecule has 2 rings (SSSR count). The van der Waals surface area contributed by atoms with Crippen molar-refractivity contribution in [1.82, 2.24) is 5.32 Å². The molecule has 3 heteroatoms. The summed E-state index contributed by atoms with van der Waals surface area (Å²) in [4.78, 5) is 0. The molecule has 18 heavy (non-hydrogen) atoms. The van der Waals surface area contributed by atoms with Crippen LogP contribution in [-0.4, -0.2) is 19.2 Å². The Morgan fingerprint density at radius 1 is 1.50 bits per heavy atom. The lowest BCUT2D eigenvalue weighted by molar-refractivity contribution is 0.131. The van der Waals surface area contributed by atoms with E-state index in [9.17, 15) is 0 Å². The zero-order valence-electron chi connectivity index (χ0n) is 11.2. The summed E-state index contributed by atoms with van der Waals surface area (Å²) in [5.41, 5.74) is 1.05. The highest BCUT2D eigenvalue weighted by Crippen LogP contribution is 2.29. The van der Waals surface area contributed by atoms with Crippen molar-refractivity contribution in [3.63, 3.8) is 0 Å². The second-order valence-electron chi connectivity index (χ2n) is 5.06. The third-order valence-corrected chi connectivity index (χ3v) is 4.10. The van der Waals surface area contributed by atoms with Crippen LogP contribution in [0.25, 0.3) is 0 Å². The number of hydrogen-bond donors (Lipinski definition) is 1. The van der Waals surface area contributed by atoms with E-state index in [0.717, 1.165) is 42.3 Å². The molecule has 1 fully saturated rings. The Kier molecular flexibility index (Phi) is 4.90. The van der Waals surface area contributed by atoms with Crippen molar-refractivity contribution in [3.05, 3.63) is 28.8 Å². The summed E-state index contributed by atoms with van der Waals surface area (Å²) in [6.07, 6.45) is 3.78. The first-order valence-electron chi connectivity index (χ1n) is 6.85. The van der Waals surface area contributed by atoms with E-state index in [2.05, 4.69) is 12.2 Å². The fraction of sp³-hybridized carbons (Fsp3) is 0.600. The van der Waals surface area contributed by atoms with Crippen molar-refractivity contribution in [2.75, 3.05) is 13.1 Å². The molecule has 0 spiro atoms. The molecule has 1 unspecified atom stereocenters. The Bertz CT molecular complexity index is 388. The highest BCUT2D eigenvalue weighted by molar-refractivity contribution is 6.31. The minimum atomic E-state index is 0.308. The van der Waals surface area contributed by atoms with E-state index in [0.29, 0.717) is 12.0 Å². The van der Waals surface area contributed by atoms with Crippen LogP contribution in [-0.2, 0) is 0 Å². The summed E-state index contributed by atoms with van der Waals surface area (Å²) < 4.78 is 6.23. The Labute approximate surface area is 115 Å². The van der Waals surface area contributed by atoms with Gasteiger partial charge in [-0.15, -0.1) is 0 Å². The van der Waals surface area contributed by atoms with Gasteiger partial charge in [-0.3, -0.25) is 0 Å². The molecular formula is C15H22ClNO. The molecule has 1 heterocycles. The van der Waals surface area contributed by atoms with E-state index in [-0.39, 0.29) is 0 Å². The molecule has 1 aliphatic rings. The summed E-state index contributed by atoms with van der Waals surface area (Å²) in [7, 11) is 0. The van der Waals surface area contributed by atoms with Gasteiger partial charge in [-0.05, 0) is 38.4 Å². The summed E-state index contributed by atoms with van der Waals surface area (Å²) in [6.45, 7) is 6.42. The number of hydrogen-bond acceptors (Lipinski definition) is 2. The molecule has 0 saturated carbocycles. The first-order valence-corrected chi connectivity index (χ1v) is 7.22. The largest absolute Gasteiger partial charge is 0.490 e. The Hall–Kier alpha value is -0.730. The number of rotatable bonds is 5. The zero-order valence-corrected chi connectivity index (χ0v) is 12.0. The Balaban J connectivity index is 2.10. The van der Waals surface area contributed by atoms with Crippen LogP contribution in [0.2, 0.25) is 5.02 Å². The van der Waals surface area contributed by atoms with E-state index in [1.54, 1.807) is 0 Å². The van der Waals surface area contributed by atoms with Gasteiger partial charge >= 0.3 is 0 Å². The maximum Gasteiger partial charge on any atom is 0.124 e. The average molecular weight is 268 g/mol. The standard InChI is InChI=1S/C15H22ClNO/c1-3-5-15(12-8-9-17-10-12)18-14-7-4-6-13(16)11(14)2/h4,6-7,12,15,17H,3,5,8-10H2,1-2H3/t12?,15-/m1/s1. The van der Waals surface area contributed by atoms with Crippen LogP contribution in [0.4, 0.5) is 0 Å². The molecule has 0 radical (unpaired) electrons. The first kappa shape index (κ1) is 13.7. The van der Waals surface area contributed by atoms with E-state index < -0.39 is 0 Å². The first-order chi connectivity index (χ1) is 8.72. The maximum absolute atomic E-state index is 6.23. The molecule has 1 N–H and O–H groups in total. The molecule has 1 aliphatic heterocycles. The summed E-state index contributed by atoms with van der Waals surface area (Å²) in [5.74, 6) is 1.57. The molecule has 0 bridgehead atoms.